The minimum atomic E-state index is -1.29. The molecule has 4 heteroatoms. The number of Topliss-reactive ketones (excluding diaryl/α,β-unsaturated/α-hetero) is 2. The quantitative estimate of drug-likeness (QED) is 0.490. The van der Waals surface area contributed by atoms with E-state index in [9.17, 15) is 14.4 Å². The van der Waals surface area contributed by atoms with Gasteiger partial charge in [-0.15, -0.1) is 0 Å². The number of hydrogen-bond donors (Lipinski definition) is 1. The molecule has 0 aliphatic heterocycles. The van der Waals surface area contributed by atoms with E-state index in [0.717, 1.165) is 16.7 Å². The van der Waals surface area contributed by atoms with Gasteiger partial charge in [-0.2, -0.15) is 0 Å². The molecule has 4 nitrogen and oxygen atoms in total. The fourth-order valence-corrected chi connectivity index (χ4v) is 1.57. The molecule has 1 aromatic carbocycles. The summed E-state index contributed by atoms with van der Waals surface area (Å²) in [5, 5.41) is 8.47. The SMILES string of the molecule is Cc1ccc(C(=O)C(=O)CC(=O)O)c(C)c1C. The summed E-state index contributed by atoms with van der Waals surface area (Å²) in [5.41, 5.74) is 3.00. The van der Waals surface area contributed by atoms with Crippen molar-refractivity contribution in [3.63, 3.8) is 0 Å². The summed E-state index contributed by atoms with van der Waals surface area (Å²) >= 11 is 0. The third kappa shape index (κ3) is 2.78. The lowest BCUT2D eigenvalue weighted by atomic mass is 9.94. The molecule has 1 aromatic rings. The van der Waals surface area contributed by atoms with E-state index < -0.39 is 24.0 Å². The molecule has 0 spiro atoms. The molecule has 0 amide bonds. The molecule has 0 saturated heterocycles. The average molecular weight is 234 g/mol. The van der Waals surface area contributed by atoms with Crippen LogP contribution in [0.3, 0.4) is 0 Å². The van der Waals surface area contributed by atoms with Crippen LogP contribution in [0, 0.1) is 20.8 Å². The first-order chi connectivity index (χ1) is 7.84. The van der Waals surface area contributed by atoms with Crippen LogP contribution < -0.4 is 0 Å². The third-order valence-electron chi connectivity index (χ3n) is 2.87. The first-order valence-electron chi connectivity index (χ1n) is 5.20. The maximum absolute atomic E-state index is 11.8. The molecule has 0 bridgehead atoms. The molecule has 0 unspecified atom stereocenters. The standard InChI is InChI=1S/C13H14O4/c1-7-4-5-10(9(3)8(7)2)13(17)11(14)6-12(15)16/h4-5H,6H2,1-3H3,(H,15,16). The lowest BCUT2D eigenvalue weighted by molar-refractivity contribution is -0.139. The number of carbonyl (C=O) groups excluding carboxylic acids is 2. The summed E-state index contributed by atoms with van der Waals surface area (Å²) in [6, 6.07) is 3.32. The van der Waals surface area contributed by atoms with Gasteiger partial charge in [0.2, 0.25) is 11.6 Å². The molecule has 1 rings (SSSR count). The molecule has 0 radical (unpaired) electrons. The summed E-state index contributed by atoms with van der Waals surface area (Å²) in [5.74, 6) is -2.90. The normalized spacial score (nSPS) is 10.1. The number of carboxylic acid groups (broad SMARTS) is 1. The predicted octanol–water partition coefficient (Wildman–Crippen LogP) is 1.84. The summed E-state index contributed by atoms with van der Waals surface area (Å²) in [6.45, 7) is 5.53. The van der Waals surface area contributed by atoms with E-state index in [2.05, 4.69) is 0 Å². The number of ketones is 2. The van der Waals surface area contributed by atoms with Gasteiger partial charge in [-0.05, 0) is 37.5 Å². The minimum absolute atomic E-state index is 0.291. The number of hydrogen-bond acceptors (Lipinski definition) is 3. The zero-order chi connectivity index (χ0) is 13.2. The van der Waals surface area contributed by atoms with Crippen molar-refractivity contribution in [1.29, 1.82) is 0 Å². The van der Waals surface area contributed by atoms with E-state index >= 15 is 0 Å². The Labute approximate surface area is 99.3 Å². The number of aliphatic carboxylic acids is 1. The van der Waals surface area contributed by atoms with Crippen molar-refractivity contribution >= 4 is 17.5 Å². The van der Waals surface area contributed by atoms with E-state index in [0.29, 0.717) is 5.56 Å². The van der Waals surface area contributed by atoms with Crippen LogP contribution in [-0.4, -0.2) is 22.6 Å². The van der Waals surface area contributed by atoms with Gasteiger partial charge in [-0.25, -0.2) is 0 Å². The molecule has 0 saturated carbocycles. The number of aryl methyl sites for hydroxylation is 1. The zero-order valence-corrected chi connectivity index (χ0v) is 10.0. The first kappa shape index (κ1) is 13.1. The first-order valence-corrected chi connectivity index (χ1v) is 5.20. The van der Waals surface area contributed by atoms with Crippen molar-refractivity contribution in [3.05, 3.63) is 34.4 Å². The van der Waals surface area contributed by atoms with Gasteiger partial charge in [0, 0.05) is 5.56 Å². The van der Waals surface area contributed by atoms with Crippen LogP contribution in [0.25, 0.3) is 0 Å². The highest BCUT2D eigenvalue weighted by molar-refractivity contribution is 6.46. The molecule has 1 N–H and O–H groups in total. The average Bonchev–Trinajstić information content (AvgIpc) is 2.24. The fraction of sp³-hybridized carbons (Fsp3) is 0.308. The Hall–Kier alpha value is -1.97. The monoisotopic (exact) mass is 234 g/mol. The van der Waals surface area contributed by atoms with Gasteiger partial charge in [0.05, 0.1) is 0 Å². The fourth-order valence-electron chi connectivity index (χ4n) is 1.57. The highest BCUT2D eigenvalue weighted by atomic mass is 16.4. The smallest absolute Gasteiger partial charge is 0.311 e. The van der Waals surface area contributed by atoms with Gasteiger partial charge in [0.1, 0.15) is 6.42 Å². The van der Waals surface area contributed by atoms with Crippen LogP contribution in [0.15, 0.2) is 12.1 Å². The van der Waals surface area contributed by atoms with E-state index in [-0.39, 0.29) is 0 Å². The van der Waals surface area contributed by atoms with Crippen LogP contribution in [-0.2, 0) is 9.59 Å². The molecule has 0 aliphatic rings. The van der Waals surface area contributed by atoms with Crippen LogP contribution in [0.4, 0.5) is 0 Å². The molecule has 90 valence electrons. The van der Waals surface area contributed by atoms with Crippen molar-refractivity contribution in [2.45, 2.75) is 27.2 Å². The predicted molar refractivity (Wildman–Crippen MR) is 62.2 cm³/mol. The van der Waals surface area contributed by atoms with Crippen molar-refractivity contribution in [1.82, 2.24) is 0 Å². The van der Waals surface area contributed by atoms with Crippen molar-refractivity contribution < 1.29 is 19.5 Å². The van der Waals surface area contributed by atoms with Crippen LogP contribution in [0.1, 0.15) is 33.5 Å². The van der Waals surface area contributed by atoms with E-state index in [1.165, 1.54) is 0 Å². The summed E-state index contributed by atoms with van der Waals surface area (Å²) in [6.07, 6.45) is -0.759. The maximum atomic E-state index is 11.8. The Balaban J connectivity index is 3.09. The Bertz CT molecular complexity index is 500. The Kier molecular flexibility index (Phi) is 3.78. The summed E-state index contributed by atoms with van der Waals surface area (Å²) < 4.78 is 0. The van der Waals surface area contributed by atoms with E-state index in [1.54, 1.807) is 19.1 Å². The summed E-state index contributed by atoms with van der Waals surface area (Å²) in [4.78, 5) is 33.5. The summed E-state index contributed by atoms with van der Waals surface area (Å²) in [7, 11) is 0. The minimum Gasteiger partial charge on any atom is -0.481 e. The largest absolute Gasteiger partial charge is 0.481 e. The van der Waals surface area contributed by atoms with Crippen LogP contribution in [0.2, 0.25) is 0 Å². The molecular weight excluding hydrogens is 220 g/mol. The van der Waals surface area contributed by atoms with Crippen molar-refractivity contribution in [3.8, 4) is 0 Å². The second-order valence-corrected chi connectivity index (χ2v) is 4.00. The second-order valence-electron chi connectivity index (χ2n) is 4.00. The van der Waals surface area contributed by atoms with Gasteiger partial charge in [-0.1, -0.05) is 12.1 Å². The molecule has 0 atom stereocenters. The van der Waals surface area contributed by atoms with Crippen LogP contribution >= 0.6 is 0 Å². The molecular formula is C13H14O4. The topological polar surface area (TPSA) is 71.4 Å². The van der Waals surface area contributed by atoms with Crippen LogP contribution in [0.5, 0.6) is 0 Å². The molecule has 0 fully saturated rings. The van der Waals surface area contributed by atoms with Crippen molar-refractivity contribution in [2.24, 2.45) is 0 Å². The lowest BCUT2D eigenvalue weighted by Gasteiger charge is -2.09. The number of carboxylic acids is 1. The highest BCUT2D eigenvalue weighted by Gasteiger charge is 2.21. The third-order valence-corrected chi connectivity index (χ3v) is 2.87. The van der Waals surface area contributed by atoms with Crippen molar-refractivity contribution in [2.75, 3.05) is 0 Å². The maximum Gasteiger partial charge on any atom is 0.311 e. The molecule has 0 heterocycles. The lowest BCUT2D eigenvalue weighted by Crippen LogP contribution is -2.19. The molecule has 0 aliphatic carbocycles. The van der Waals surface area contributed by atoms with E-state index in [4.69, 9.17) is 5.11 Å². The van der Waals surface area contributed by atoms with Gasteiger partial charge in [-0.3, -0.25) is 14.4 Å². The number of benzene rings is 1. The number of rotatable bonds is 4. The van der Waals surface area contributed by atoms with Gasteiger partial charge in [0.15, 0.2) is 0 Å². The molecule has 17 heavy (non-hydrogen) atoms. The Morgan fingerprint density at radius 2 is 1.65 bits per heavy atom. The van der Waals surface area contributed by atoms with E-state index in [1.807, 2.05) is 13.8 Å². The second kappa shape index (κ2) is 4.91. The zero-order valence-electron chi connectivity index (χ0n) is 10.0. The molecule has 0 aromatic heterocycles. The Morgan fingerprint density at radius 3 is 2.18 bits per heavy atom. The number of carbonyl (C=O) groups is 3. The van der Waals surface area contributed by atoms with Gasteiger partial charge >= 0.3 is 5.97 Å². The Morgan fingerprint density at radius 1 is 1.06 bits per heavy atom. The van der Waals surface area contributed by atoms with Gasteiger partial charge < -0.3 is 5.11 Å². The van der Waals surface area contributed by atoms with Gasteiger partial charge in [0.25, 0.3) is 0 Å². The highest BCUT2D eigenvalue weighted by Crippen LogP contribution is 2.18.